The SMILES string of the molecule is CC(C)(C)c1ccc2c(c1)c(CCN1CCNCC1)cn2CCO. The van der Waals surface area contributed by atoms with Crippen molar-refractivity contribution in [2.45, 2.75) is 39.2 Å². The normalized spacial score (nSPS) is 16.8. The molecule has 24 heavy (non-hydrogen) atoms. The highest BCUT2D eigenvalue weighted by atomic mass is 16.3. The highest BCUT2D eigenvalue weighted by Crippen LogP contribution is 2.29. The second-order valence-corrected chi connectivity index (χ2v) is 7.89. The standard InChI is InChI=1S/C20H31N3O/c1-20(2,3)17-4-5-19-18(14-17)16(15-23(19)12-13-24)6-9-22-10-7-21-8-11-22/h4-5,14-15,21,24H,6-13H2,1-3H3. The molecule has 1 aliphatic rings. The van der Waals surface area contributed by atoms with Crippen molar-refractivity contribution in [3.63, 3.8) is 0 Å². The van der Waals surface area contributed by atoms with Gasteiger partial charge in [0, 0.05) is 56.4 Å². The van der Waals surface area contributed by atoms with Gasteiger partial charge >= 0.3 is 0 Å². The molecule has 3 rings (SSSR count). The van der Waals surface area contributed by atoms with E-state index in [1.54, 1.807) is 0 Å². The monoisotopic (exact) mass is 329 g/mol. The van der Waals surface area contributed by atoms with Crippen LogP contribution in [0.3, 0.4) is 0 Å². The number of aliphatic hydroxyl groups excluding tert-OH is 1. The highest BCUT2D eigenvalue weighted by molar-refractivity contribution is 5.85. The van der Waals surface area contributed by atoms with E-state index in [0.29, 0.717) is 6.54 Å². The molecular weight excluding hydrogens is 298 g/mol. The van der Waals surface area contributed by atoms with Gasteiger partial charge in [-0.05, 0) is 35.1 Å². The van der Waals surface area contributed by atoms with Crippen molar-refractivity contribution in [2.24, 2.45) is 0 Å². The Morgan fingerprint density at radius 1 is 1.12 bits per heavy atom. The molecule has 0 radical (unpaired) electrons. The fourth-order valence-corrected chi connectivity index (χ4v) is 3.54. The van der Waals surface area contributed by atoms with Crippen molar-refractivity contribution in [1.82, 2.24) is 14.8 Å². The smallest absolute Gasteiger partial charge is 0.0610 e. The molecule has 1 saturated heterocycles. The van der Waals surface area contributed by atoms with Crippen LogP contribution in [0.4, 0.5) is 0 Å². The van der Waals surface area contributed by atoms with Crippen molar-refractivity contribution in [3.05, 3.63) is 35.5 Å². The number of rotatable bonds is 5. The molecule has 0 amide bonds. The number of fused-ring (bicyclic) bond motifs is 1. The van der Waals surface area contributed by atoms with Crippen molar-refractivity contribution >= 4 is 10.9 Å². The number of nitrogens with one attached hydrogen (secondary N) is 1. The van der Waals surface area contributed by atoms with Gasteiger partial charge in [0.15, 0.2) is 0 Å². The molecule has 132 valence electrons. The van der Waals surface area contributed by atoms with E-state index in [0.717, 1.165) is 39.1 Å². The van der Waals surface area contributed by atoms with E-state index in [1.807, 2.05) is 0 Å². The molecule has 0 aliphatic carbocycles. The van der Waals surface area contributed by atoms with Gasteiger partial charge in [-0.25, -0.2) is 0 Å². The van der Waals surface area contributed by atoms with E-state index in [-0.39, 0.29) is 12.0 Å². The van der Waals surface area contributed by atoms with E-state index >= 15 is 0 Å². The van der Waals surface area contributed by atoms with E-state index < -0.39 is 0 Å². The van der Waals surface area contributed by atoms with Crippen LogP contribution in [0.25, 0.3) is 10.9 Å². The molecule has 1 aromatic carbocycles. The first-order valence-electron chi connectivity index (χ1n) is 9.15. The minimum absolute atomic E-state index is 0.156. The number of nitrogens with zero attached hydrogens (tertiary/aromatic N) is 2. The van der Waals surface area contributed by atoms with E-state index in [4.69, 9.17) is 0 Å². The van der Waals surface area contributed by atoms with Gasteiger partial charge in [-0.15, -0.1) is 0 Å². The molecule has 0 saturated carbocycles. The van der Waals surface area contributed by atoms with Crippen molar-refractivity contribution in [3.8, 4) is 0 Å². The number of piperazine rings is 1. The summed E-state index contributed by atoms with van der Waals surface area (Å²) in [6, 6.07) is 6.81. The summed E-state index contributed by atoms with van der Waals surface area (Å²) in [6.45, 7) is 13.2. The third kappa shape index (κ3) is 3.82. The molecule has 4 heteroatoms. The van der Waals surface area contributed by atoms with Crippen LogP contribution in [0.1, 0.15) is 31.9 Å². The summed E-state index contributed by atoms with van der Waals surface area (Å²) in [5.41, 5.74) is 4.18. The Morgan fingerprint density at radius 3 is 2.54 bits per heavy atom. The van der Waals surface area contributed by atoms with Crippen LogP contribution in [0.2, 0.25) is 0 Å². The lowest BCUT2D eigenvalue weighted by molar-refractivity contribution is 0.244. The first-order chi connectivity index (χ1) is 11.5. The van der Waals surface area contributed by atoms with Crippen LogP contribution in [0.5, 0.6) is 0 Å². The number of benzene rings is 1. The third-order valence-electron chi connectivity index (χ3n) is 5.08. The number of aliphatic hydroxyl groups is 1. The summed E-state index contributed by atoms with van der Waals surface area (Å²) >= 11 is 0. The predicted molar refractivity (Wildman–Crippen MR) is 101 cm³/mol. The summed E-state index contributed by atoms with van der Waals surface area (Å²) < 4.78 is 2.20. The van der Waals surface area contributed by atoms with Crippen LogP contribution in [-0.2, 0) is 18.4 Å². The first-order valence-corrected chi connectivity index (χ1v) is 9.15. The quantitative estimate of drug-likeness (QED) is 0.885. The van der Waals surface area contributed by atoms with Gasteiger partial charge in [0.2, 0.25) is 0 Å². The molecule has 1 fully saturated rings. The van der Waals surface area contributed by atoms with Gasteiger partial charge in [0.1, 0.15) is 0 Å². The number of hydrogen-bond acceptors (Lipinski definition) is 3. The maximum absolute atomic E-state index is 9.37. The minimum Gasteiger partial charge on any atom is -0.395 e. The zero-order chi connectivity index (χ0) is 17.2. The molecule has 1 aliphatic heterocycles. The second kappa shape index (κ2) is 7.26. The Labute approximate surface area is 145 Å². The zero-order valence-electron chi connectivity index (χ0n) is 15.3. The van der Waals surface area contributed by atoms with E-state index in [9.17, 15) is 5.11 Å². The number of hydrogen-bond donors (Lipinski definition) is 2. The summed E-state index contributed by atoms with van der Waals surface area (Å²) in [7, 11) is 0. The molecule has 0 atom stereocenters. The van der Waals surface area contributed by atoms with E-state index in [1.165, 1.54) is 22.0 Å². The van der Waals surface area contributed by atoms with Crippen LogP contribution < -0.4 is 5.32 Å². The van der Waals surface area contributed by atoms with Crippen molar-refractivity contribution < 1.29 is 5.11 Å². The lowest BCUT2D eigenvalue weighted by atomic mass is 9.86. The van der Waals surface area contributed by atoms with Crippen molar-refractivity contribution in [1.29, 1.82) is 0 Å². The van der Waals surface area contributed by atoms with E-state index in [2.05, 4.69) is 60.0 Å². The first kappa shape index (κ1) is 17.5. The average molecular weight is 329 g/mol. The van der Waals surface area contributed by atoms with Crippen molar-refractivity contribution in [2.75, 3.05) is 39.3 Å². The summed E-state index contributed by atoms with van der Waals surface area (Å²) in [6.07, 6.45) is 3.32. The lowest BCUT2D eigenvalue weighted by Gasteiger charge is -2.27. The van der Waals surface area contributed by atoms with Gasteiger partial charge in [0.25, 0.3) is 0 Å². The molecular formula is C20H31N3O. The second-order valence-electron chi connectivity index (χ2n) is 7.89. The van der Waals surface area contributed by atoms with Gasteiger partial charge in [-0.1, -0.05) is 26.8 Å². The van der Waals surface area contributed by atoms with Crippen LogP contribution in [0.15, 0.2) is 24.4 Å². The molecule has 2 aromatic rings. The van der Waals surface area contributed by atoms with Gasteiger partial charge in [-0.2, -0.15) is 0 Å². The fourth-order valence-electron chi connectivity index (χ4n) is 3.54. The Morgan fingerprint density at radius 2 is 1.88 bits per heavy atom. The van der Waals surface area contributed by atoms with Gasteiger partial charge in [-0.3, -0.25) is 0 Å². The Kier molecular flexibility index (Phi) is 5.28. The molecule has 0 spiro atoms. The molecule has 2 heterocycles. The average Bonchev–Trinajstić information content (AvgIpc) is 2.91. The Hall–Kier alpha value is -1.36. The Bertz CT molecular complexity index is 678. The maximum atomic E-state index is 9.37. The van der Waals surface area contributed by atoms with Gasteiger partial charge in [0.05, 0.1) is 6.61 Å². The molecule has 4 nitrogen and oxygen atoms in total. The third-order valence-corrected chi connectivity index (χ3v) is 5.08. The molecule has 0 bridgehead atoms. The van der Waals surface area contributed by atoms with Gasteiger partial charge < -0.3 is 19.9 Å². The largest absolute Gasteiger partial charge is 0.395 e. The number of aromatic nitrogens is 1. The minimum atomic E-state index is 0.156. The summed E-state index contributed by atoms with van der Waals surface area (Å²) in [5.74, 6) is 0. The lowest BCUT2D eigenvalue weighted by Crippen LogP contribution is -2.44. The topological polar surface area (TPSA) is 40.4 Å². The molecule has 1 aromatic heterocycles. The summed E-state index contributed by atoms with van der Waals surface area (Å²) in [5, 5.41) is 14.1. The summed E-state index contributed by atoms with van der Waals surface area (Å²) in [4.78, 5) is 2.54. The Balaban J connectivity index is 1.89. The van der Waals surface area contributed by atoms with Crippen LogP contribution in [-0.4, -0.2) is 53.9 Å². The van der Waals surface area contributed by atoms with Crippen LogP contribution in [0, 0.1) is 0 Å². The highest BCUT2D eigenvalue weighted by Gasteiger charge is 2.17. The molecule has 0 unspecified atom stereocenters. The fraction of sp³-hybridized carbons (Fsp3) is 0.600. The maximum Gasteiger partial charge on any atom is 0.0610 e. The van der Waals surface area contributed by atoms with Crippen LogP contribution >= 0.6 is 0 Å². The zero-order valence-corrected chi connectivity index (χ0v) is 15.3. The molecule has 2 N–H and O–H groups in total. The predicted octanol–water partition coefficient (Wildman–Crippen LogP) is 2.38.